The highest BCUT2D eigenvalue weighted by molar-refractivity contribution is 5.94. The molecule has 3 heterocycles. The number of amides is 1. The number of carbonyl (C=O) groups excluding carboxylic acids is 1. The first kappa shape index (κ1) is 16.6. The van der Waals surface area contributed by atoms with E-state index >= 15 is 0 Å². The molecule has 8 heteroatoms. The molecule has 1 unspecified atom stereocenters. The number of ether oxygens (including phenoxy) is 2. The topological polar surface area (TPSA) is 79.8 Å². The van der Waals surface area contributed by atoms with Gasteiger partial charge in [0.2, 0.25) is 12.1 Å². The Morgan fingerprint density at radius 1 is 1.12 bits per heavy atom. The van der Waals surface area contributed by atoms with Crippen molar-refractivity contribution in [2.75, 3.05) is 50.1 Å². The maximum absolute atomic E-state index is 12.4. The number of hydrogen-bond donors (Lipinski definition) is 1. The minimum absolute atomic E-state index is 0.170. The molecular weight excluding hydrogens is 334 g/mol. The molecular formula is C18H21N5O3. The van der Waals surface area contributed by atoms with Gasteiger partial charge in [0.1, 0.15) is 6.61 Å². The van der Waals surface area contributed by atoms with E-state index in [-0.39, 0.29) is 12.5 Å². The van der Waals surface area contributed by atoms with E-state index < -0.39 is 6.10 Å². The molecule has 8 nitrogen and oxygen atoms in total. The highest BCUT2D eigenvalue weighted by Crippen LogP contribution is 2.31. The van der Waals surface area contributed by atoms with Crippen molar-refractivity contribution in [2.45, 2.75) is 6.10 Å². The molecule has 2 aliphatic heterocycles. The highest BCUT2D eigenvalue weighted by Gasteiger charge is 2.27. The number of likely N-dealkylation sites (N-methyl/N-ethyl adjacent to an activating group) is 1. The van der Waals surface area contributed by atoms with Crippen molar-refractivity contribution >= 4 is 17.5 Å². The molecule has 0 spiro atoms. The first-order valence-electron chi connectivity index (χ1n) is 8.64. The van der Waals surface area contributed by atoms with E-state index in [0.29, 0.717) is 23.1 Å². The molecule has 1 fully saturated rings. The number of fused-ring (bicyclic) bond motifs is 1. The summed E-state index contributed by atoms with van der Waals surface area (Å²) in [4.78, 5) is 25.6. The number of piperazine rings is 1. The number of anilines is 2. The van der Waals surface area contributed by atoms with Crippen LogP contribution >= 0.6 is 0 Å². The van der Waals surface area contributed by atoms with Gasteiger partial charge in [-0.3, -0.25) is 4.79 Å². The lowest BCUT2D eigenvalue weighted by Crippen LogP contribution is -2.45. The van der Waals surface area contributed by atoms with Crippen molar-refractivity contribution in [2.24, 2.45) is 0 Å². The number of hydrogen-bond acceptors (Lipinski definition) is 7. The highest BCUT2D eigenvalue weighted by atomic mass is 16.6. The number of rotatable bonds is 3. The largest absolute Gasteiger partial charge is 0.485 e. The van der Waals surface area contributed by atoms with Gasteiger partial charge < -0.3 is 24.6 Å². The summed E-state index contributed by atoms with van der Waals surface area (Å²) >= 11 is 0. The molecule has 0 saturated carbocycles. The average molecular weight is 355 g/mol. The zero-order valence-corrected chi connectivity index (χ0v) is 14.6. The third-order valence-electron chi connectivity index (χ3n) is 4.49. The summed E-state index contributed by atoms with van der Waals surface area (Å²) < 4.78 is 11.3. The van der Waals surface area contributed by atoms with Crippen molar-refractivity contribution in [1.29, 1.82) is 0 Å². The normalized spacial score (nSPS) is 19.9. The van der Waals surface area contributed by atoms with Gasteiger partial charge in [-0.15, -0.1) is 0 Å². The number of para-hydroxylation sites is 2. The lowest BCUT2D eigenvalue weighted by atomic mass is 10.2. The van der Waals surface area contributed by atoms with Gasteiger partial charge in [-0.25, -0.2) is 9.97 Å². The van der Waals surface area contributed by atoms with Crippen LogP contribution in [0, 0.1) is 0 Å². The summed E-state index contributed by atoms with van der Waals surface area (Å²) in [6.45, 7) is 3.94. The van der Waals surface area contributed by atoms with Crippen LogP contribution in [0.3, 0.4) is 0 Å². The Bertz CT molecular complexity index is 775. The van der Waals surface area contributed by atoms with Crippen LogP contribution in [0.4, 0.5) is 11.6 Å². The second kappa shape index (κ2) is 7.17. The smallest absolute Gasteiger partial charge is 0.269 e. The van der Waals surface area contributed by atoms with Crippen molar-refractivity contribution in [3.05, 3.63) is 36.7 Å². The number of nitrogens with one attached hydrogen (secondary N) is 1. The molecule has 1 aromatic carbocycles. The van der Waals surface area contributed by atoms with E-state index in [0.717, 1.165) is 26.2 Å². The van der Waals surface area contributed by atoms with Gasteiger partial charge in [0.25, 0.3) is 5.91 Å². The van der Waals surface area contributed by atoms with Crippen molar-refractivity contribution in [3.8, 4) is 11.5 Å². The standard InChI is InChI=1S/C18H21N5O3/c1-22-6-8-23(9-7-22)18-19-10-13(11-20-18)21-17(24)16-12-25-14-4-2-3-5-15(14)26-16/h2-5,10-11,16H,6-9,12H2,1H3,(H,21,24). The van der Waals surface area contributed by atoms with Gasteiger partial charge >= 0.3 is 0 Å². The molecule has 0 bridgehead atoms. The van der Waals surface area contributed by atoms with Crippen LogP contribution in [-0.4, -0.2) is 66.7 Å². The maximum Gasteiger partial charge on any atom is 0.269 e. The van der Waals surface area contributed by atoms with E-state index in [1.165, 1.54) is 0 Å². The summed E-state index contributed by atoms with van der Waals surface area (Å²) in [5.74, 6) is 1.62. The monoisotopic (exact) mass is 355 g/mol. The molecule has 0 aliphatic carbocycles. The maximum atomic E-state index is 12.4. The van der Waals surface area contributed by atoms with E-state index in [9.17, 15) is 4.79 Å². The molecule has 1 N–H and O–H groups in total. The SMILES string of the molecule is CN1CCN(c2ncc(NC(=O)C3COc4ccccc4O3)cn2)CC1. The first-order chi connectivity index (χ1) is 12.7. The third-order valence-corrected chi connectivity index (χ3v) is 4.49. The Morgan fingerprint density at radius 3 is 2.54 bits per heavy atom. The van der Waals surface area contributed by atoms with Gasteiger partial charge in [0.05, 0.1) is 18.1 Å². The Hall–Kier alpha value is -2.87. The lowest BCUT2D eigenvalue weighted by Gasteiger charge is -2.32. The Morgan fingerprint density at radius 2 is 1.81 bits per heavy atom. The van der Waals surface area contributed by atoms with Crippen LogP contribution < -0.4 is 19.7 Å². The van der Waals surface area contributed by atoms with Crippen LogP contribution in [-0.2, 0) is 4.79 Å². The fraction of sp³-hybridized carbons (Fsp3) is 0.389. The van der Waals surface area contributed by atoms with E-state index in [4.69, 9.17) is 9.47 Å². The van der Waals surface area contributed by atoms with Gasteiger partial charge in [0.15, 0.2) is 11.5 Å². The van der Waals surface area contributed by atoms with Gasteiger partial charge in [0, 0.05) is 26.2 Å². The number of aromatic nitrogens is 2. The van der Waals surface area contributed by atoms with Crippen LogP contribution in [0.15, 0.2) is 36.7 Å². The number of carbonyl (C=O) groups is 1. The van der Waals surface area contributed by atoms with E-state index in [1.807, 2.05) is 18.2 Å². The average Bonchev–Trinajstić information content (AvgIpc) is 2.69. The Kier molecular flexibility index (Phi) is 4.57. The molecule has 26 heavy (non-hydrogen) atoms. The molecule has 2 aromatic rings. The minimum Gasteiger partial charge on any atom is -0.485 e. The molecule has 4 rings (SSSR count). The van der Waals surface area contributed by atoms with Crippen LogP contribution in [0.2, 0.25) is 0 Å². The van der Waals surface area contributed by atoms with E-state index in [1.54, 1.807) is 18.5 Å². The predicted molar refractivity (Wildman–Crippen MR) is 96.7 cm³/mol. The Labute approximate surface area is 151 Å². The van der Waals surface area contributed by atoms with Crippen LogP contribution in [0.25, 0.3) is 0 Å². The fourth-order valence-corrected chi connectivity index (χ4v) is 2.93. The number of nitrogens with zero attached hydrogens (tertiary/aromatic N) is 4. The minimum atomic E-state index is -0.706. The summed E-state index contributed by atoms with van der Waals surface area (Å²) in [7, 11) is 2.10. The van der Waals surface area contributed by atoms with Crippen LogP contribution in [0.1, 0.15) is 0 Å². The second-order valence-electron chi connectivity index (χ2n) is 6.42. The fourth-order valence-electron chi connectivity index (χ4n) is 2.93. The lowest BCUT2D eigenvalue weighted by molar-refractivity contribution is -0.125. The second-order valence-corrected chi connectivity index (χ2v) is 6.42. The summed E-state index contributed by atoms with van der Waals surface area (Å²) in [6.07, 6.45) is 2.54. The zero-order chi connectivity index (χ0) is 17.9. The third kappa shape index (κ3) is 3.55. The van der Waals surface area contributed by atoms with Gasteiger partial charge in [-0.2, -0.15) is 0 Å². The summed E-state index contributed by atoms with van der Waals surface area (Å²) in [5.41, 5.74) is 0.537. The van der Waals surface area contributed by atoms with Gasteiger partial charge in [-0.05, 0) is 19.2 Å². The molecule has 2 aliphatic rings. The molecule has 1 saturated heterocycles. The molecule has 0 radical (unpaired) electrons. The summed E-state index contributed by atoms with van der Waals surface area (Å²) in [5, 5.41) is 2.78. The Balaban J connectivity index is 1.36. The number of benzene rings is 1. The quantitative estimate of drug-likeness (QED) is 0.880. The van der Waals surface area contributed by atoms with Crippen molar-refractivity contribution in [1.82, 2.24) is 14.9 Å². The molecule has 1 aromatic heterocycles. The molecule has 1 amide bonds. The molecule has 136 valence electrons. The van der Waals surface area contributed by atoms with Crippen LogP contribution in [0.5, 0.6) is 11.5 Å². The summed E-state index contributed by atoms with van der Waals surface area (Å²) in [6, 6.07) is 7.30. The van der Waals surface area contributed by atoms with Crippen molar-refractivity contribution < 1.29 is 14.3 Å². The molecule has 1 atom stereocenters. The van der Waals surface area contributed by atoms with E-state index in [2.05, 4.69) is 32.1 Å². The first-order valence-corrected chi connectivity index (χ1v) is 8.64. The predicted octanol–water partition coefficient (Wildman–Crippen LogP) is 1.01. The van der Waals surface area contributed by atoms with Gasteiger partial charge in [-0.1, -0.05) is 12.1 Å². The van der Waals surface area contributed by atoms with Crippen molar-refractivity contribution in [3.63, 3.8) is 0 Å². The zero-order valence-electron chi connectivity index (χ0n) is 14.6.